The van der Waals surface area contributed by atoms with E-state index < -0.39 is 4.92 Å². The molecule has 2 aromatic carbocycles. The number of benzene rings is 2. The van der Waals surface area contributed by atoms with Gasteiger partial charge in [0.2, 0.25) is 11.8 Å². The fourth-order valence-corrected chi connectivity index (χ4v) is 3.06. The number of nitro benzene ring substituents is 1. The topological polar surface area (TPSA) is 111 Å². The first-order valence-corrected chi connectivity index (χ1v) is 9.07. The van der Waals surface area contributed by atoms with Crippen LogP contribution in [0.1, 0.15) is 5.56 Å². The highest BCUT2D eigenvalue weighted by atomic mass is 35.5. The number of nitro groups is 1. The van der Waals surface area contributed by atoms with Gasteiger partial charge in [0.15, 0.2) is 0 Å². The second-order valence-corrected chi connectivity index (χ2v) is 6.73. The minimum Gasteiger partial charge on any atom is -0.411 e. The average Bonchev–Trinajstić information content (AvgIpc) is 3.10. The van der Waals surface area contributed by atoms with Crippen molar-refractivity contribution in [3.63, 3.8) is 0 Å². The molecule has 0 aliphatic rings. The molecule has 0 aliphatic carbocycles. The zero-order valence-electron chi connectivity index (χ0n) is 14.0. The van der Waals surface area contributed by atoms with Gasteiger partial charge in [0.05, 0.1) is 32.5 Å². The van der Waals surface area contributed by atoms with Gasteiger partial charge in [-0.25, -0.2) is 0 Å². The van der Waals surface area contributed by atoms with Gasteiger partial charge >= 0.3 is 0 Å². The van der Waals surface area contributed by atoms with E-state index in [2.05, 4.69) is 15.5 Å². The molecule has 1 amide bonds. The average molecular weight is 405 g/mol. The molecule has 138 valence electrons. The maximum Gasteiger partial charge on any atom is 0.277 e. The number of amides is 1. The summed E-state index contributed by atoms with van der Waals surface area (Å²) in [5, 5.41) is 22.1. The van der Waals surface area contributed by atoms with Crippen LogP contribution in [0.2, 0.25) is 5.02 Å². The number of anilines is 1. The molecular weight excluding hydrogens is 392 g/mol. The quantitative estimate of drug-likeness (QED) is 0.369. The summed E-state index contributed by atoms with van der Waals surface area (Å²) in [6, 6.07) is 11.6. The van der Waals surface area contributed by atoms with Gasteiger partial charge in [-0.15, -0.1) is 10.2 Å². The van der Waals surface area contributed by atoms with Crippen molar-refractivity contribution in [2.24, 2.45) is 0 Å². The van der Waals surface area contributed by atoms with Gasteiger partial charge in [0.1, 0.15) is 0 Å². The first-order valence-electron chi connectivity index (χ1n) is 7.71. The SMILES string of the molecule is Cc1c(NC(=O)CSc2nnc(-c3ccccc3Cl)o2)cccc1[N+](=O)[O-]. The van der Waals surface area contributed by atoms with E-state index in [1.807, 2.05) is 0 Å². The smallest absolute Gasteiger partial charge is 0.277 e. The van der Waals surface area contributed by atoms with Crippen LogP contribution in [-0.2, 0) is 4.79 Å². The normalized spacial score (nSPS) is 10.6. The second kappa shape index (κ2) is 8.19. The van der Waals surface area contributed by atoms with E-state index in [1.54, 1.807) is 37.3 Å². The van der Waals surface area contributed by atoms with Crippen molar-refractivity contribution >= 4 is 40.6 Å². The molecule has 10 heteroatoms. The molecule has 8 nitrogen and oxygen atoms in total. The summed E-state index contributed by atoms with van der Waals surface area (Å²) < 4.78 is 5.51. The van der Waals surface area contributed by atoms with Gasteiger partial charge in [-0.1, -0.05) is 41.6 Å². The van der Waals surface area contributed by atoms with Crippen LogP contribution in [0.4, 0.5) is 11.4 Å². The van der Waals surface area contributed by atoms with E-state index >= 15 is 0 Å². The molecule has 0 unspecified atom stereocenters. The fourth-order valence-electron chi connectivity index (χ4n) is 2.28. The summed E-state index contributed by atoms with van der Waals surface area (Å²) in [4.78, 5) is 22.6. The Hall–Kier alpha value is -2.91. The predicted octanol–water partition coefficient (Wildman–Crippen LogP) is 4.34. The van der Waals surface area contributed by atoms with Crippen LogP contribution in [0.5, 0.6) is 0 Å². The first-order chi connectivity index (χ1) is 13.0. The number of hydrogen-bond donors (Lipinski definition) is 1. The van der Waals surface area contributed by atoms with Crippen molar-refractivity contribution < 1.29 is 14.1 Å². The lowest BCUT2D eigenvalue weighted by atomic mass is 10.1. The zero-order chi connectivity index (χ0) is 19.4. The van der Waals surface area contributed by atoms with Crippen LogP contribution in [0, 0.1) is 17.0 Å². The Morgan fingerprint density at radius 1 is 1.26 bits per heavy atom. The van der Waals surface area contributed by atoms with E-state index in [9.17, 15) is 14.9 Å². The molecular formula is C17H13ClN4O4S. The number of rotatable bonds is 6. The van der Waals surface area contributed by atoms with Crippen molar-refractivity contribution in [3.8, 4) is 11.5 Å². The summed E-state index contributed by atoms with van der Waals surface area (Å²) in [6.45, 7) is 1.58. The third kappa shape index (κ3) is 4.44. The Bertz CT molecular complexity index is 1010. The Kier molecular flexibility index (Phi) is 5.72. The maximum absolute atomic E-state index is 12.1. The monoisotopic (exact) mass is 404 g/mol. The zero-order valence-corrected chi connectivity index (χ0v) is 15.6. The number of nitrogens with one attached hydrogen (secondary N) is 1. The van der Waals surface area contributed by atoms with Gasteiger partial charge < -0.3 is 9.73 Å². The van der Waals surface area contributed by atoms with Gasteiger partial charge in [0.25, 0.3) is 10.9 Å². The number of aromatic nitrogens is 2. The van der Waals surface area contributed by atoms with Crippen molar-refractivity contribution in [2.45, 2.75) is 12.1 Å². The van der Waals surface area contributed by atoms with Crippen LogP contribution in [-0.4, -0.2) is 26.8 Å². The van der Waals surface area contributed by atoms with Crippen LogP contribution in [0.3, 0.4) is 0 Å². The molecule has 0 radical (unpaired) electrons. The lowest BCUT2D eigenvalue weighted by molar-refractivity contribution is -0.385. The van der Waals surface area contributed by atoms with Crippen LogP contribution in [0.25, 0.3) is 11.5 Å². The van der Waals surface area contributed by atoms with E-state index in [-0.39, 0.29) is 28.5 Å². The summed E-state index contributed by atoms with van der Waals surface area (Å²) in [6.07, 6.45) is 0. The van der Waals surface area contributed by atoms with Crippen molar-refractivity contribution in [1.29, 1.82) is 0 Å². The highest BCUT2D eigenvalue weighted by Gasteiger charge is 2.16. The molecule has 27 heavy (non-hydrogen) atoms. The minimum atomic E-state index is -0.492. The Morgan fingerprint density at radius 3 is 2.78 bits per heavy atom. The van der Waals surface area contributed by atoms with Crippen LogP contribution >= 0.6 is 23.4 Å². The summed E-state index contributed by atoms with van der Waals surface area (Å²) in [7, 11) is 0. The molecule has 0 saturated carbocycles. The molecule has 0 fully saturated rings. The molecule has 3 rings (SSSR count). The fraction of sp³-hybridized carbons (Fsp3) is 0.118. The number of carbonyl (C=O) groups excluding carboxylic acids is 1. The highest BCUT2D eigenvalue weighted by Crippen LogP contribution is 2.29. The molecule has 0 spiro atoms. The molecule has 0 atom stereocenters. The summed E-state index contributed by atoms with van der Waals surface area (Å²) in [5.41, 5.74) is 1.33. The molecule has 0 saturated heterocycles. The standard InChI is InChI=1S/C17H13ClN4O4S/c1-10-13(7-4-8-14(10)22(24)25)19-15(23)9-27-17-21-20-16(26-17)11-5-2-3-6-12(11)18/h2-8H,9H2,1H3,(H,19,23). The van der Waals surface area contributed by atoms with E-state index in [0.717, 1.165) is 11.8 Å². The lowest BCUT2D eigenvalue weighted by Gasteiger charge is -2.07. The number of halogens is 1. The molecule has 1 heterocycles. The Labute approximate surface area is 163 Å². The Morgan fingerprint density at radius 2 is 2.04 bits per heavy atom. The maximum atomic E-state index is 12.1. The summed E-state index contributed by atoms with van der Waals surface area (Å²) >= 11 is 7.15. The third-order valence-corrected chi connectivity index (χ3v) is 4.76. The van der Waals surface area contributed by atoms with Crippen LogP contribution in [0.15, 0.2) is 52.1 Å². The third-order valence-electron chi connectivity index (χ3n) is 3.61. The van der Waals surface area contributed by atoms with Gasteiger partial charge in [-0.2, -0.15) is 0 Å². The van der Waals surface area contributed by atoms with E-state index in [4.69, 9.17) is 16.0 Å². The van der Waals surface area contributed by atoms with E-state index in [0.29, 0.717) is 21.8 Å². The highest BCUT2D eigenvalue weighted by molar-refractivity contribution is 7.99. The van der Waals surface area contributed by atoms with Crippen LogP contribution < -0.4 is 5.32 Å². The number of hydrogen-bond acceptors (Lipinski definition) is 7. The molecule has 1 N–H and O–H groups in total. The van der Waals surface area contributed by atoms with Gasteiger partial charge in [-0.05, 0) is 25.1 Å². The number of carbonyl (C=O) groups is 1. The molecule has 0 aliphatic heterocycles. The molecule has 1 aromatic heterocycles. The second-order valence-electron chi connectivity index (χ2n) is 5.40. The lowest BCUT2D eigenvalue weighted by Crippen LogP contribution is -2.15. The van der Waals surface area contributed by atoms with Crippen molar-refractivity contribution in [2.75, 3.05) is 11.1 Å². The molecule has 3 aromatic rings. The predicted molar refractivity (Wildman–Crippen MR) is 102 cm³/mol. The Balaban J connectivity index is 1.63. The van der Waals surface area contributed by atoms with Crippen molar-refractivity contribution in [3.05, 3.63) is 63.2 Å². The molecule has 0 bridgehead atoms. The number of thioether (sulfide) groups is 1. The first kappa shape index (κ1) is 18.9. The minimum absolute atomic E-state index is 0.00624. The summed E-state index contributed by atoms with van der Waals surface area (Å²) in [5.74, 6) is -0.0779. The van der Waals surface area contributed by atoms with Gasteiger partial charge in [0, 0.05) is 6.07 Å². The van der Waals surface area contributed by atoms with E-state index in [1.165, 1.54) is 12.1 Å². The van der Waals surface area contributed by atoms with Crippen molar-refractivity contribution in [1.82, 2.24) is 10.2 Å². The number of nitrogens with zero attached hydrogens (tertiary/aromatic N) is 3. The van der Waals surface area contributed by atoms with Gasteiger partial charge in [-0.3, -0.25) is 14.9 Å². The largest absolute Gasteiger partial charge is 0.411 e.